The first-order valence-electron chi connectivity index (χ1n) is 5.25. The molecule has 1 aromatic rings. The normalized spacial score (nSPS) is 22.3. The van der Waals surface area contributed by atoms with E-state index in [9.17, 15) is 4.79 Å². The fourth-order valence-electron chi connectivity index (χ4n) is 1.43. The number of benzene rings is 1. The number of halogens is 1. The molecule has 2 rings (SSSR count). The molecule has 0 radical (unpaired) electrons. The highest BCUT2D eigenvalue weighted by Crippen LogP contribution is 2.38. The highest BCUT2D eigenvalue weighted by atomic mass is 79.9. The molecule has 1 aliphatic rings. The van der Waals surface area contributed by atoms with E-state index in [2.05, 4.69) is 15.9 Å². The van der Waals surface area contributed by atoms with Gasteiger partial charge in [0, 0.05) is 4.47 Å². The van der Waals surface area contributed by atoms with Gasteiger partial charge in [-0.3, -0.25) is 4.79 Å². The van der Waals surface area contributed by atoms with Crippen LogP contribution in [0.2, 0.25) is 0 Å². The second kappa shape index (κ2) is 4.90. The maximum Gasteiger partial charge on any atom is 0.323 e. The van der Waals surface area contributed by atoms with E-state index in [-0.39, 0.29) is 11.4 Å². The molecule has 92 valence electrons. The topological polar surface area (TPSA) is 35.5 Å². The molecule has 0 bridgehead atoms. The van der Waals surface area contributed by atoms with Crippen LogP contribution < -0.4 is 4.74 Å². The van der Waals surface area contributed by atoms with Crippen molar-refractivity contribution >= 4 is 33.7 Å². The van der Waals surface area contributed by atoms with Gasteiger partial charge in [-0.1, -0.05) is 27.7 Å². The second-order valence-corrected chi connectivity index (χ2v) is 6.93. The lowest BCUT2D eigenvalue weighted by Gasteiger charge is -2.11. The largest absolute Gasteiger partial charge is 0.489 e. The number of rotatable bonds is 3. The molecule has 5 heteroatoms. The Balaban J connectivity index is 1.88. The lowest BCUT2D eigenvalue weighted by molar-refractivity contribution is -0.145. The molecular weight excluding hydrogens is 304 g/mol. The summed E-state index contributed by atoms with van der Waals surface area (Å²) < 4.78 is 11.3. The Labute approximate surface area is 113 Å². The standard InChI is InChI=1S/C12H13BrO3S/c1-12(2)11(14)16-10(17-12)7-15-9-5-3-8(13)4-6-9/h3-6,10H,7H2,1-2H3. The summed E-state index contributed by atoms with van der Waals surface area (Å²) in [5, 5.41) is 0. The van der Waals surface area contributed by atoms with Gasteiger partial charge in [-0.2, -0.15) is 0 Å². The van der Waals surface area contributed by atoms with Crippen LogP contribution in [0.15, 0.2) is 28.7 Å². The summed E-state index contributed by atoms with van der Waals surface area (Å²) in [6.07, 6.45) is 0. The predicted molar refractivity (Wildman–Crippen MR) is 71.2 cm³/mol. The molecule has 0 aromatic heterocycles. The molecule has 0 saturated carbocycles. The predicted octanol–water partition coefficient (Wildman–Crippen LogP) is 3.22. The molecule has 17 heavy (non-hydrogen) atoms. The summed E-state index contributed by atoms with van der Waals surface area (Å²) in [6, 6.07) is 7.56. The fourth-order valence-corrected chi connectivity index (χ4v) is 2.76. The quantitative estimate of drug-likeness (QED) is 0.802. The summed E-state index contributed by atoms with van der Waals surface area (Å²) in [6.45, 7) is 4.10. The first kappa shape index (κ1) is 12.8. The monoisotopic (exact) mass is 316 g/mol. The van der Waals surface area contributed by atoms with E-state index in [1.54, 1.807) is 0 Å². The van der Waals surface area contributed by atoms with Crippen molar-refractivity contribution in [3.63, 3.8) is 0 Å². The number of carbonyl (C=O) groups is 1. The van der Waals surface area contributed by atoms with Crippen molar-refractivity contribution < 1.29 is 14.3 Å². The van der Waals surface area contributed by atoms with Gasteiger partial charge in [0.15, 0.2) is 5.44 Å². The Morgan fingerprint density at radius 1 is 1.41 bits per heavy atom. The van der Waals surface area contributed by atoms with Crippen molar-refractivity contribution in [1.82, 2.24) is 0 Å². The van der Waals surface area contributed by atoms with Gasteiger partial charge in [0.05, 0.1) is 0 Å². The van der Waals surface area contributed by atoms with Crippen molar-refractivity contribution in [3.8, 4) is 5.75 Å². The number of cyclic esters (lactones) is 1. The lowest BCUT2D eigenvalue weighted by atomic mass is 10.2. The maximum atomic E-state index is 11.5. The Morgan fingerprint density at radius 3 is 2.59 bits per heavy atom. The molecule has 1 atom stereocenters. The van der Waals surface area contributed by atoms with Gasteiger partial charge in [0.2, 0.25) is 0 Å². The van der Waals surface area contributed by atoms with E-state index in [0.717, 1.165) is 10.2 Å². The van der Waals surface area contributed by atoms with Crippen LogP contribution >= 0.6 is 27.7 Å². The molecule has 1 aromatic carbocycles. The van der Waals surface area contributed by atoms with Gasteiger partial charge in [0.25, 0.3) is 0 Å². The molecule has 1 fully saturated rings. The average Bonchev–Trinajstić information content (AvgIpc) is 2.52. The number of hydrogen-bond acceptors (Lipinski definition) is 4. The number of carbonyl (C=O) groups excluding carboxylic acids is 1. The molecule has 0 aliphatic carbocycles. The molecule has 1 unspecified atom stereocenters. The summed E-state index contributed by atoms with van der Waals surface area (Å²) in [5.74, 6) is 0.599. The van der Waals surface area contributed by atoms with Crippen molar-refractivity contribution in [1.29, 1.82) is 0 Å². The fraction of sp³-hybridized carbons (Fsp3) is 0.417. The van der Waals surface area contributed by atoms with Crippen LogP contribution in [0, 0.1) is 0 Å². The summed E-state index contributed by atoms with van der Waals surface area (Å²) in [7, 11) is 0. The number of hydrogen-bond donors (Lipinski definition) is 0. The van der Waals surface area contributed by atoms with Crippen LogP contribution in [0.4, 0.5) is 0 Å². The van der Waals surface area contributed by atoms with Crippen molar-refractivity contribution in [2.45, 2.75) is 24.0 Å². The van der Waals surface area contributed by atoms with Gasteiger partial charge in [-0.25, -0.2) is 0 Å². The third kappa shape index (κ3) is 3.16. The molecule has 0 amide bonds. The van der Waals surface area contributed by atoms with E-state index < -0.39 is 4.75 Å². The van der Waals surface area contributed by atoms with Crippen LogP contribution in [0.5, 0.6) is 5.75 Å². The minimum atomic E-state index is -0.465. The Bertz CT molecular complexity index is 416. The SMILES string of the molecule is CC1(C)SC(COc2ccc(Br)cc2)OC1=O. The highest BCUT2D eigenvalue weighted by Gasteiger charge is 2.42. The Kier molecular flexibility index (Phi) is 3.68. The van der Waals surface area contributed by atoms with Crippen molar-refractivity contribution in [2.24, 2.45) is 0 Å². The summed E-state index contributed by atoms with van der Waals surface area (Å²) in [4.78, 5) is 11.5. The molecule has 1 heterocycles. The van der Waals surface area contributed by atoms with Crippen LogP contribution in [0.1, 0.15) is 13.8 Å². The molecule has 1 saturated heterocycles. The maximum absolute atomic E-state index is 11.5. The zero-order valence-electron chi connectivity index (χ0n) is 9.60. The second-order valence-electron chi connectivity index (χ2n) is 4.23. The summed E-state index contributed by atoms with van der Waals surface area (Å²) >= 11 is 4.85. The van der Waals surface area contributed by atoms with Crippen molar-refractivity contribution in [2.75, 3.05) is 6.61 Å². The number of esters is 1. The van der Waals surface area contributed by atoms with E-state index in [1.807, 2.05) is 38.1 Å². The van der Waals surface area contributed by atoms with Gasteiger partial charge >= 0.3 is 5.97 Å². The average molecular weight is 317 g/mol. The van der Waals surface area contributed by atoms with E-state index in [1.165, 1.54) is 11.8 Å². The van der Waals surface area contributed by atoms with Crippen molar-refractivity contribution in [3.05, 3.63) is 28.7 Å². The van der Waals surface area contributed by atoms with E-state index in [0.29, 0.717) is 6.61 Å². The third-order valence-electron chi connectivity index (χ3n) is 2.36. The first-order chi connectivity index (χ1) is 7.97. The molecule has 3 nitrogen and oxygen atoms in total. The van der Waals surface area contributed by atoms with Gasteiger partial charge in [-0.15, -0.1) is 0 Å². The zero-order valence-corrected chi connectivity index (χ0v) is 12.0. The number of ether oxygens (including phenoxy) is 2. The Hall–Kier alpha value is -0.680. The van der Waals surface area contributed by atoms with Crippen LogP contribution in [0.3, 0.4) is 0 Å². The molecule has 0 N–H and O–H groups in total. The third-order valence-corrected chi connectivity index (χ3v) is 4.14. The van der Waals surface area contributed by atoms with Gasteiger partial charge in [0.1, 0.15) is 17.1 Å². The minimum absolute atomic E-state index is 0.174. The van der Waals surface area contributed by atoms with E-state index >= 15 is 0 Å². The summed E-state index contributed by atoms with van der Waals surface area (Å²) in [5.41, 5.74) is -0.221. The minimum Gasteiger partial charge on any atom is -0.489 e. The first-order valence-corrected chi connectivity index (χ1v) is 6.92. The molecule has 1 aliphatic heterocycles. The van der Waals surface area contributed by atoms with E-state index in [4.69, 9.17) is 9.47 Å². The molecular formula is C12H13BrO3S. The highest BCUT2D eigenvalue weighted by molar-refractivity contribution is 9.10. The lowest BCUT2D eigenvalue weighted by Crippen LogP contribution is -2.22. The Morgan fingerprint density at radius 2 is 2.06 bits per heavy atom. The zero-order chi connectivity index (χ0) is 12.5. The molecule has 0 spiro atoms. The van der Waals surface area contributed by atoms with Crippen LogP contribution in [-0.2, 0) is 9.53 Å². The van der Waals surface area contributed by atoms with Crippen LogP contribution in [-0.4, -0.2) is 22.8 Å². The van der Waals surface area contributed by atoms with Gasteiger partial charge in [-0.05, 0) is 38.1 Å². The smallest absolute Gasteiger partial charge is 0.323 e. The van der Waals surface area contributed by atoms with Crippen LogP contribution in [0.25, 0.3) is 0 Å². The van der Waals surface area contributed by atoms with Gasteiger partial charge < -0.3 is 9.47 Å². The number of thioether (sulfide) groups is 1.